The highest BCUT2D eigenvalue weighted by Gasteiger charge is 2.21. The molecular formula is C21H28N4O. The van der Waals surface area contributed by atoms with Gasteiger partial charge in [0.1, 0.15) is 5.69 Å². The standard InChI is InChI=1S/C21H28N4O/c1-15-8-16(2)13-25(12-15)14-19-6-4-18(5-7-19)10-24-21(26)20-11-22-17(3)9-23-20/h4-7,9,11,15-16H,8,10,12-14H2,1-3H3,(H,24,26)/t15-,16-/m1/s1. The normalized spacial score (nSPS) is 20.7. The number of rotatable bonds is 5. The van der Waals surface area contributed by atoms with Crippen LogP contribution in [0.1, 0.15) is 47.6 Å². The van der Waals surface area contributed by atoms with Crippen molar-refractivity contribution in [1.29, 1.82) is 0 Å². The second kappa shape index (κ2) is 8.41. The zero-order valence-electron chi connectivity index (χ0n) is 15.9. The first-order valence-corrected chi connectivity index (χ1v) is 9.36. The summed E-state index contributed by atoms with van der Waals surface area (Å²) in [5.74, 6) is 1.36. The zero-order chi connectivity index (χ0) is 18.5. The minimum atomic E-state index is -0.196. The van der Waals surface area contributed by atoms with E-state index in [9.17, 15) is 4.79 Å². The fraction of sp³-hybridized carbons (Fsp3) is 0.476. The number of aromatic nitrogens is 2. The summed E-state index contributed by atoms with van der Waals surface area (Å²) >= 11 is 0. The highest BCUT2D eigenvalue weighted by molar-refractivity contribution is 5.91. The molecular weight excluding hydrogens is 324 g/mol. The number of benzene rings is 1. The summed E-state index contributed by atoms with van der Waals surface area (Å²) in [5, 5.41) is 2.90. The molecule has 26 heavy (non-hydrogen) atoms. The van der Waals surface area contributed by atoms with Gasteiger partial charge in [-0.15, -0.1) is 0 Å². The Hall–Kier alpha value is -2.27. The lowest BCUT2D eigenvalue weighted by atomic mass is 9.91. The third-order valence-electron chi connectivity index (χ3n) is 4.84. The maximum absolute atomic E-state index is 12.1. The largest absolute Gasteiger partial charge is 0.347 e. The summed E-state index contributed by atoms with van der Waals surface area (Å²) in [6, 6.07) is 8.51. The molecule has 1 aromatic carbocycles. The molecule has 1 N–H and O–H groups in total. The van der Waals surface area contributed by atoms with Crippen LogP contribution < -0.4 is 5.32 Å². The van der Waals surface area contributed by atoms with E-state index in [0.29, 0.717) is 12.2 Å². The van der Waals surface area contributed by atoms with Crippen LogP contribution in [0.25, 0.3) is 0 Å². The molecule has 1 saturated heterocycles. The van der Waals surface area contributed by atoms with Crippen LogP contribution in [-0.4, -0.2) is 33.9 Å². The van der Waals surface area contributed by atoms with Gasteiger partial charge in [-0.3, -0.25) is 14.7 Å². The van der Waals surface area contributed by atoms with E-state index in [1.54, 1.807) is 6.20 Å². The van der Waals surface area contributed by atoms with Crippen LogP contribution in [0.3, 0.4) is 0 Å². The zero-order valence-corrected chi connectivity index (χ0v) is 15.9. The smallest absolute Gasteiger partial charge is 0.271 e. The van der Waals surface area contributed by atoms with Gasteiger partial charge >= 0.3 is 0 Å². The molecule has 0 bridgehead atoms. The molecule has 0 unspecified atom stereocenters. The van der Waals surface area contributed by atoms with Crippen molar-refractivity contribution in [3.8, 4) is 0 Å². The van der Waals surface area contributed by atoms with E-state index in [1.807, 2.05) is 6.92 Å². The molecule has 1 aliphatic rings. The summed E-state index contributed by atoms with van der Waals surface area (Å²) in [5.41, 5.74) is 3.56. The number of piperidine rings is 1. The van der Waals surface area contributed by atoms with E-state index < -0.39 is 0 Å². The number of carbonyl (C=O) groups is 1. The van der Waals surface area contributed by atoms with Gasteiger partial charge in [-0.25, -0.2) is 4.98 Å². The van der Waals surface area contributed by atoms with Crippen LogP contribution in [-0.2, 0) is 13.1 Å². The van der Waals surface area contributed by atoms with Gasteiger partial charge in [0.25, 0.3) is 5.91 Å². The quantitative estimate of drug-likeness (QED) is 0.898. The van der Waals surface area contributed by atoms with Gasteiger partial charge in [-0.2, -0.15) is 0 Å². The SMILES string of the molecule is Cc1cnc(C(=O)NCc2ccc(CN3C[C@H](C)C[C@@H](C)C3)cc2)cn1. The van der Waals surface area contributed by atoms with Crippen LogP contribution in [0.4, 0.5) is 0 Å². The Morgan fingerprint density at radius 1 is 1.08 bits per heavy atom. The van der Waals surface area contributed by atoms with E-state index >= 15 is 0 Å². The van der Waals surface area contributed by atoms with Gasteiger partial charge in [0.05, 0.1) is 11.9 Å². The number of likely N-dealkylation sites (tertiary alicyclic amines) is 1. The van der Waals surface area contributed by atoms with Crippen molar-refractivity contribution < 1.29 is 4.79 Å². The van der Waals surface area contributed by atoms with Crippen molar-refractivity contribution in [2.24, 2.45) is 11.8 Å². The first-order valence-electron chi connectivity index (χ1n) is 9.36. The molecule has 1 aliphatic heterocycles. The lowest BCUT2D eigenvalue weighted by Crippen LogP contribution is -2.38. The first-order chi connectivity index (χ1) is 12.5. The molecule has 1 amide bonds. The van der Waals surface area contributed by atoms with Crippen molar-refractivity contribution in [3.05, 3.63) is 59.2 Å². The average Bonchev–Trinajstić information content (AvgIpc) is 2.60. The molecule has 2 aromatic rings. The molecule has 0 aliphatic carbocycles. The third kappa shape index (κ3) is 5.11. The van der Waals surface area contributed by atoms with Gasteiger partial charge in [-0.05, 0) is 36.3 Å². The highest BCUT2D eigenvalue weighted by atomic mass is 16.1. The Morgan fingerprint density at radius 2 is 1.73 bits per heavy atom. The molecule has 138 valence electrons. The van der Waals surface area contributed by atoms with Crippen LogP contribution in [0.5, 0.6) is 0 Å². The molecule has 5 heteroatoms. The Morgan fingerprint density at radius 3 is 2.35 bits per heavy atom. The molecule has 0 spiro atoms. The van der Waals surface area contributed by atoms with Crippen LogP contribution >= 0.6 is 0 Å². The van der Waals surface area contributed by atoms with Gasteiger partial charge in [0.15, 0.2) is 0 Å². The molecule has 3 rings (SSSR count). The van der Waals surface area contributed by atoms with Gasteiger partial charge in [-0.1, -0.05) is 38.1 Å². The van der Waals surface area contributed by atoms with Gasteiger partial charge in [0.2, 0.25) is 0 Å². The minimum absolute atomic E-state index is 0.196. The predicted octanol–water partition coefficient (Wildman–Crippen LogP) is 3.19. The maximum atomic E-state index is 12.1. The number of hydrogen-bond donors (Lipinski definition) is 1. The molecule has 0 saturated carbocycles. The lowest BCUT2D eigenvalue weighted by molar-refractivity contribution is 0.0945. The van der Waals surface area contributed by atoms with E-state index in [2.05, 4.69) is 58.3 Å². The van der Waals surface area contributed by atoms with E-state index in [1.165, 1.54) is 31.3 Å². The van der Waals surface area contributed by atoms with Crippen molar-refractivity contribution in [2.45, 2.75) is 40.3 Å². The fourth-order valence-corrected chi connectivity index (χ4v) is 3.72. The number of amides is 1. The number of carbonyl (C=O) groups excluding carboxylic acids is 1. The molecule has 2 heterocycles. The number of nitrogens with one attached hydrogen (secondary N) is 1. The molecule has 0 radical (unpaired) electrons. The summed E-state index contributed by atoms with van der Waals surface area (Å²) < 4.78 is 0. The van der Waals surface area contributed by atoms with Gasteiger partial charge in [0, 0.05) is 32.4 Å². The molecule has 5 nitrogen and oxygen atoms in total. The van der Waals surface area contributed by atoms with E-state index in [0.717, 1.165) is 29.6 Å². The number of nitrogens with zero attached hydrogens (tertiary/aromatic N) is 3. The number of aryl methyl sites for hydroxylation is 1. The topological polar surface area (TPSA) is 58.1 Å². The first kappa shape index (κ1) is 18.5. The molecule has 2 atom stereocenters. The lowest BCUT2D eigenvalue weighted by Gasteiger charge is -2.35. The highest BCUT2D eigenvalue weighted by Crippen LogP contribution is 2.22. The Bertz CT molecular complexity index is 717. The van der Waals surface area contributed by atoms with Crippen LogP contribution in [0.15, 0.2) is 36.7 Å². The van der Waals surface area contributed by atoms with Gasteiger partial charge < -0.3 is 5.32 Å². The Labute approximate surface area is 155 Å². The summed E-state index contributed by atoms with van der Waals surface area (Å²) in [6.45, 7) is 10.4. The average molecular weight is 352 g/mol. The predicted molar refractivity (Wildman–Crippen MR) is 103 cm³/mol. The molecule has 1 aromatic heterocycles. The molecule has 1 fully saturated rings. The number of hydrogen-bond acceptors (Lipinski definition) is 4. The van der Waals surface area contributed by atoms with Crippen molar-refractivity contribution in [3.63, 3.8) is 0 Å². The minimum Gasteiger partial charge on any atom is -0.347 e. The fourth-order valence-electron chi connectivity index (χ4n) is 3.72. The monoisotopic (exact) mass is 352 g/mol. The second-order valence-corrected chi connectivity index (χ2v) is 7.68. The van der Waals surface area contributed by atoms with Crippen molar-refractivity contribution >= 4 is 5.91 Å². The van der Waals surface area contributed by atoms with Crippen LogP contribution in [0, 0.1) is 18.8 Å². The Balaban J connectivity index is 1.51. The maximum Gasteiger partial charge on any atom is 0.271 e. The Kier molecular flexibility index (Phi) is 5.99. The second-order valence-electron chi connectivity index (χ2n) is 7.68. The van der Waals surface area contributed by atoms with Crippen molar-refractivity contribution in [1.82, 2.24) is 20.2 Å². The summed E-state index contributed by atoms with van der Waals surface area (Å²) in [6.07, 6.45) is 4.45. The summed E-state index contributed by atoms with van der Waals surface area (Å²) in [7, 11) is 0. The third-order valence-corrected chi connectivity index (χ3v) is 4.84. The summed E-state index contributed by atoms with van der Waals surface area (Å²) in [4.78, 5) is 22.9. The van der Waals surface area contributed by atoms with E-state index in [-0.39, 0.29) is 5.91 Å². The van der Waals surface area contributed by atoms with Crippen LogP contribution in [0.2, 0.25) is 0 Å². The van der Waals surface area contributed by atoms with E-state index in [4.69, 9.17) is 0 Å². The van der Waals surface area contributed by atoms with Crippen molar-refractivity contribution in [2.75, 3.05) is 13.1 Å².